The second-order valence-corrected chi connectivity index (χ2v) is 6.26. The third-order valence-corrected chi connectivity index (χ3v) is 4.13. The van der Waals surface area contributed by atoms with E-state index in [2.05, 4.69) is 17.2 Å². The Morgan fingerprint density at radius 1 is 1.12 bits per heavy atom. The molecule has 0 saturated heterocycles. The van der Waals surface area contributed by atoms with Gasteiger partial charge in [-0.1, -0.05) is 40.3 Å². The second-order valence-electron chi connectivity index (χ2n) is 6.26. The van der Waals surface area contributed by atoms with Crippen molar-refractivity contribution in [1.82, 2.24) is 10.6 Å². The molecule has 26 heavy (non-hydrogen) atoms. The van der Waals surface area contributed by atoms with Crippen LogP contribution in [0.15, 0.2) is 12.7 Å². The zero-order chi connectivity index (χ0) is 20.3. The number of nitrogens with one attached hydrogen (secondary N) is 2. The fraction of sp³-hybridized carbons (Fsp3) is 0.722. The quantitative estimate of drug-likeness (QED) is 0.374. The Balaban J connectivity index is 5.36. The smallest absolute Gasteiger partial charge is 0.408 e. The monoisotopic (exact) mass is 372 g/mol. The van der Waals surface area contributed by atoms with E-state index in [-0.39, 0.29) is 32.0 Å². The summed E-state index contributed by atoms with van der Waals surface area (Å²) in [6, 6.07) is -2.18. The van der Waals surface area contributed by atoms with Crippen LogP contribution >= 0.6 is 0 Å². The highest BCUT2D eigenvalue weighted by Gasteiger charge is 2.42. The number of esters is 1. The number of carbonyl (C=O) groups excluding carboxylic acids is 3. The molecule has 0 saturated carbocycles. The number of hydrogen-bond donors (Lipinski definition) is 3. The van der Waals surface area contributed by atoms with E-state index in [1.807, 2.05) is 0 Å². The molecule has 0 aromatic heterocycles. The van der Waals surface area contributed by atoms with Crippen LogP contribution < -0.4 is 10.6 Å². The normalized spacial score (nSPS) is 13.5. The zero-order valence-electron chi connectivity index (χ0n) is 16.3. The molecule has 0 radical (unpaired) electrons. The van der Waals surface area contributed by atoms with Gasteiger partial charge >= 0.3 is 12.1 Å². The third-order valence-electron chi connectivity index (χ3n) is 4.13. The highest BCUT2D eigenvalue weighted by atomic mass is 16.5. The van der Waals surface area contributed by atoms with Crippen molar-refractivity contribution < 1.29 is 29.0 Å². The topological polar surface area (TPSA) is 114 Å². The molecule has 0 aromatic rings. The number of ether oxygens (including phenoxy) is 2. The zero-order valence-corrected chi connectivity index (χ0v) is 16.3. The fourth-order valence-corrected chi connectivity index (χ4v) is 2.37. The molecule has 3 N–H and O–H groups in total. The van der Waals surface area contributed by atoms with Crippen molar-refractivity contribution in [3.8, 4) is 0 Å². The van der Waals surface area contributed by atoms with Crippen molar-refractivity contribution in [2.75, 3.05) is 13.2 Å². The fourth-order valence-electron chi connectivity index (χ4n) is 2.37. The van der Waals surface area contributed by atoms with Crippen LogP contribution in [0.25, 0.3) is 0 Å². The van der Waals surface area contributed by atoms with E-state index in [9.17, 15) is 19.5 Å². The van der Waals surface area contributed by atoms with E-state index >= 15 is 0 Å². The maximum absolute atomic E-state index is 12.7. The predicted molar refractivity (Wildman–Crippen MR) is 97.4 cm³/mol. The predicted octanol–water partition coefficient (Wildman–Crippen LogP) is 1.52. The van der Waals surface area contributed by atoms with Crippen molar-refractivity contribution in [1.29, 1.82) is 0 Å². The highest BCUT2D eigenvalue weighted by Crippen LogP contribution is 2.21. The van der Waals surface area contributed by atoms with E-state index in [1.165, 1.54) is 6.08 Å². The summed E-state index contributed by atoms with van der Waals surface area (Å²) in [6.07, 6.45) is 1.12. The lowest BCUT2D eigenvalue weighted by atomic mass is 9.88. The minimum atomic E-state index is -1.45. The molecule has 0 aliphatic rings. The Hall–Kier alpha value is -2.09. The van der Waals surface area contributed by atoms with Gasteiger partial charge in [-0.05, 0) is 25.7 Å². The van der Waals surface area contributed by atoms with Gasteiger partial charge in [0.25, 0.3) is 0 Å². The first-order chi connectivity index (χ1) is 12.2. The van der Waals surface area contributed by atoms with Gasteiger partial charge < -0.3 is 25.2 Å². The van der Waals surface area contributed by atoms with Crippen LogP contribution in [0.3, 0.4) is 0 Å². The first kappa shape index (κ1) is 23.9. The van der Waals surface area contributed by atoms with Crippen molar-refractivity contribution >= 4 is 18.0 Å². The van der Waals surface area contributed by atoms with Crippen molar-refractivity contribution in [2.45, 2.75) is 65.1 Å². The number of amides is 2. The first-order valence-corrected chi connectivity index (χ1v) is 8.90. The van der Waals surface area contributed by atoms with E-state index in [0.717, 1.165) is 0 Å². The summed E-state index contributed by atoms with van der Waals surface area (Å²) in [5, 5.41) is 15.7. The second kappa shape index (κ2) is 11.5. The Labute approximate surface area is 155 Å². The van der Waals surface area contributed by atoms with Gasteiger partial charge in [-0.15, -0.1) is 0 Å². The number of aliphatic hydroxyl groups is 1. The Kier molecular flexibility index (Phi) is 10.6. The van der Waals surface area contributed by atoms with Gasteiger partial charge in [0, 0.05) is 0 Å². The summed E-state index contributed by atoms with van der Waals surface area (Å²) < 4.78 is 9.83. The van der Waals surface area contributed by atoms with Crippen LogP contribution in [0.1, 0.15) is 47.5 Å². The molecule has 0 rings (SSSR count). The van der Waals surface area contributed by atoms with Gasteiger partial charge in [0.1, 0.15) is 12.6 Å². The molecule has 2 atom stereocenters. The summed E-state index contributed by atoms with van der Waals surface area (Å²) in [7, 11) is 0. The number of carbonyl (C=O) groups is 3. The van der Waals surface area contributed by atoms with Crippen LogP contribution in [0.4, 0.5) is 4.79 Å². The molecule has 2 unspecified atom stereocenters. The molecule has 0 aliphatic heterocycles. The maximum Gasteiger partial charge on any atom is 0.408 e. The van der Waals surface area contributed by atoms with Gasteiger partial charge in [0.15, 0.2) is 6.04 Å². The lowest BCUT2D eigenvalue weighted by Gasteiger charge is -2.34. The van der Waals surface area contributed by atoms with Crippen LogP contribution in [-0.4, -0.2) is 54.0 Å². The number of rotatable bonds is 11. The average molecular weight is 372 g/mol. The average Bonchev–Trinajstić information content (AvgIpc) is 2.61. The molecule has 0 heterocycles. The number of alkyl carbamates (subject to hydrolysis) is 1. The Morgan fingerprint density at radius 2 is 1.69 bits per heavy atom. The molecular weight excluding hydrogens is 340 g/mol. The summed E-state index contributed by atoms with van der Waals surface area (Å²) in [4.78, 5) is 36.7. The van der Waals surface area contributed by atoms with Crippen molar-refractivity contribution in [3.63, 3.8) is 0 Å². The molecule has 2 amide bonds. The minimum absolute atomic E-state index is 0.00907. The Bertz CT molecular complexity index is 488. The van der Waals surface area contributed by atoms with E-state index in [0.29, 0.717) is 0 Å². The van der Waals surface area contributed by atoms with Gasteiger partial charge in [0.2, 0.25) is 5.91 Å². The highest BCUT2D eigenvalue weighted by molar-refractivity contribution is 5.90. The lowest BCUT2D eigenvalue weighted by molar-refractivity contribution is -0.156. The molecular formula is C18H32N2O6. The van der Waals surface area contributed by atoms with Crippen LogP contribution in [-0.2, 0) is 19.1 Å². The van der Waals surface area contributed by atoms with Crippen LogP contribution in [0.2, 0.25) is 0 Å². The summed E-state index contributed by atoms with van der Waals surface area (Å²) in [5.41, 5.74) is -1.45. The summed E-state index contributed by atoms with van der Waals surface area (Å²) in [5.74, 6) is -1.59. The molecule has 0 fully saturated rings. The van der Waals surface area contributed by atoms with Gasteiger partial charge in [-0.2, -0.15) is 0 Å². The van der Waals surface area contributed by atoms with Gasteiger partial charge in [-0.3, -0.25) is 4.79 Å². The number of hydrogen-bond acceptors (Lipinski definition) is 6. The van der Waals surface area contributed by atoms with Gasteiger partial charge in [-0.25, -0.2) is 9.59 Å². The molecule has 8 nitrogen and oxygen atoms in total. The molecule has 0 bridgehead atoms. The SMILES string of the molecule is C=CCOC(=O)NC(C(=O)NC(C(=O)OCC)C(O)(CC)CC)C(C)C. The molecule has 0 aromatic carbocycles. The lowest BCUT2D eigenvalue weighted by Crippen LogP contribution is -2.61. The molecule has 0 aliphatic carbocycles. The van der Waals surface area contributed by atoms with Crippen molar-refractivity contribution in [2.24, 2.45) is 5.92 Å². The first-order valence-electron chi connectivity index (χ1n) is 8.90. The molecule has 0 spiro atoms. The minimum Gasteiger partial charge on any atom is -0.464 e. The van der Waals surface area contributed by atoms with E-state index < -0.39 is 35.7 Å². The molecule has 150 valence electrons. The Morgan fingerprint density at radius 3 is 2.12 bits per heavy atom. The maximum atomic E-state index is 12.7. The van der Waals surface area contributed by atoms with E-state index in [1.54, 1.807) is 34.6 Å². The summed E-state index contributed by atoms with van der Waals surface area (Å²) >= 11 is 0. The van der Waals surface area contributed by atoms with Crippen LogP contribution in [0.5, 0.6) is 0 Å². The standard InChI is InChI=1S/C18H32N2O6/c1-7-11-26-17(23)19-13(12(5)6)15(21)20-14(16(22)25-10-4)18(24,8-2)9-3/h7,12-14,24H,1,8-11H2,2-6H3,(H,19,23)(H,20,21). The van der Waals surface area contributed by atoms with E-state index in [4.69, 9.17) is 9.47 Å². The van der Waals surface area contributed by atoms with Crippen molar-refractivity contribution in [3.05, 3.63) is 12.7 Å². The van der Waals surface area contributed by atoms with Crippen LogP contribution in [0, 0.1) is 5.92 Å². The molecule has 8 heteroatoms. The third kappa shape index (κ3) is 7.03. The summed E-state index contributed by atoms with van der Waals surface area (Å²) in [6.45, 7) is 12.1. The largest absolute Gasteiger partial charge is 0.464 e. The van der Waals surface area contributed by atoms with Gasteiger partial charge in [0.05, 0.1) is 12.2 Å².